The summed E-state index contributed by atoms with van der Waals surface area (Å²) in [5.41, 5.74) is 2.16. The van der Waals surface area contributed by atoms with Gasteiger partial charge in [-0.15, -0.1) is 0 Å². The van der Waals surface area contributed by atoms with Crippen LogP contribution in [0.25, 0.3) is 0 Å². The van der Waals surface area contributed by atoms with Gasteiger partial charge in [-0.1, -0.05) is 18.2 Å². The number of fused-ring (bicyclic) bond motifs is 1. The Bertz CT molecular complexity index is 490. The molecule has 2 amide bonds. The van der Waals surface area contributed by atoms with Crippen LogP contribution in [-0.4, -0.2) is 30.4 Å². The summed E-state index contributed by atoms with van der Waals surface area (Å²) in [6.45, 7) is 0.707. The number of carbonyl (C=O) groups is 2. The molecule has 3 rings (SSSR count). The van der Waals surface area contributed by atoms with Gasteiger partial charge in [-0.25, -0.2) is 0 Å². The molecular formula is C14H17N3O2. The summed E-state index contributed by atoms with van der Waals surface area (Å²) >= 11 is 0. The van der Waals surface area contributed by atoms with E-state index in [9.17, 15) is 9.59 Å². The van der Waals surface area contributed by atoms with Crippen LogP contribution in [-0.2, 0) is 16.0 Å². The Kier molecular flexibility index (Phi) is 3.11. The number of hydrogen-bond donors (Lipinski definition) is 3. The third kappa shape index (κ3) is 2.41. The maximum absolute atomic E-state index is 12.2. The topological polar surface area (TPSA) is 70.2 Å². The summed E-state index contributed by atoms with van der Waals surface area (Å²) in [5, 5.41) is 8.80. The van der Waals surface area contributed by atoms with Gasteiger partial charge in [-0.3, -0.25) is 9.59 Å². The Hall–Kier alpha value is -2.04. The van der Waals surface area contributed by atoms with Crippen molar-refractivity contribution in [3.63, 3.8) is 0 Å². The molecule has 100 valence electrons. The van der Waals surface area contributed by atoms with Crippen LogP contribution >= 0.6 is 0 Å². The van der Waals surface area contributed by atoms with E-state index in [1.807, 2.05) is 24.3 Å². The maximum Gasteiger partial charge on any atom is 0.243 e. The first kappa shape index (κ1) is 12.0. The van der Waals surface area contributed by atoms with Crippen LogP contribution < -0.4 is 16.0 Å². The second-order valence-electron chi connectivity index (χ2n) is 5.05. The molecule has 1 fully saturated rings. The van der Waals surface area contributed by atoms with E-state index in [2.05, 4.69) is 16.0 Å². The summed E-state index contributed by atoms with van der Waals surface area (Å²) in [5.74, 6) is -0.173. The fourth-order valence-electron chi connectivity index (χ4n) is 2.64. The molecule has 2 aliphatic rings. The second kappa shape index (κ2) is 4.91. The number of piperidine rings is 1. The first-order valence-electron chi connectivity index (χ1n) is 6.66. The van der Waals surface area contributed by atoms with Crippen molar-refractivity contribution in [3.05, 3.63) is 29.8 Å². The minimum absolute atomic E-state index is 0.0740. The molecule has 0 saturated carbocycles. The zero-order valence-electron chi connectivity index (χ0n) is 10.6. The van der Waals surface area contributed by atoms with Gasteiger partial charge < -0.3 is 16.0 Å². The summed E-state index contributed by atoms with van der Waals surface area (Å²) < 4.78 is 0. The van der Waals surface area contributed by atoms with Crippen molar-refractivity contribution in [2.24, 2.45) is 0 Å². The van der Waals surface area contributed by atoms with Gasteiger partial charge in [0.1, 0.15) is 12.1 Å². The standard InChI is InChI=1S/C14H17N3O2/c18-13-11(6-3-7-15-13)17-14(19)12-8-9-4-1-2-5-10(9)16-12/h1-2,4-5,11-12,16H,3,6-8H2,(H,15,18)(H,17,19)/t11?,12-/m0/s1. The van der Waals surface area contributed by atoms with E-state index in [4.69, 9.17) is 0 Å². The molecule has 1 saturated heterocycles. The molecule has 5 nitrogen and oxygen atoms in total. The first-order chi connectivity index (χ1) is 9.24. The van der Waals surface area contributed by atoms with Gasteiger partial charge in [0.2, 0.25) is 11.8 Å². The molecule has 1 aromatic carbocycles. The average molecular weight is 259 g/mol. The van der Waals surface area contributed by atoms with Crippen LogP contribution in [0.15, 0.2) is 24.3 Å². The van der Waals surface area contributed by atoms with Crippen LogP contribution in [0.1, 0.15) is 18.4 Å². The van der Waals surface area contributed by atoms with Crippen LogP contribution in [0.4, 0.5) is 5.69 Å². The summed E-state index contributed by atoms with van der Waals surface area (Å²) in [7, 11) is 0. The van der Waals surface area contributed by atoms with Crippen molar-refractivity contribution in [1.82, 2.24) is 10.6 Å². The monoisotopic (exact) mass is 259 g/mol. The lowest BCUT2D eigenvalue weighted by Gasteiger charge is -2.24. The second-order valence-corrected chi connectivity index (χ2v) is 5.05. The quantitative estimate of drug-likeness (QED) is 0.721. The normalized spacial score (nSPS) is 25.2. The number of para-hydroxylation sites is 1. The SMILES string of the molecule is O=C1NCCCC1NC(=O)[C@@H]1Cc2ccccc2N1. The van der Waals surface area contributed by atoms with E-state index in [-0.39, 0.29) is 23.9 Å². The van der Waals surface area contributed by atoms with Gasteiger partial charge in [0.15, 0.2) is 0 Å². The lowest BCUT2D eigenvalue weighted by Crippen LogP contribution is -2.53. The summed E-state index contributed by atoms with van der Waals surface area (Å²) in [6, 6.07) is 7.24. The van der Waals surface area contributed by atoms with Crippen LogP contribution in [0.5, 0.6) is 0 Å². The molecule has 3 N–H and O–H groups in total. The zero-order valence-corrected chi connectivity index (χ0v) is 10.6. The molecular weight excluding hydrogens is 242 g/mol. The van der Waals surface area contributed by atoms with Crippen molar-refractivity contribution in [3.8, 4) is 0 Å². The molecule has 2 atom stereocenters. The maximum atomic E-state index is 12.2. The number of nitrogens with one attached hydrogen (secondary N) is 3. The van der Waals surface area contributed by atoms with Gasteiger partial charge in [-0.05, 0) is 24.5 Å². The van der Waals surface area contributed by atoms with E-state index in [0.717, 1.165) is 24.1 Å². The highest BCUT2D eigenvalue weighted by Crippen LogP contribution is 2.25. The Labute approximate surface area is 111 Å². The highest BCUT2D eigenvalue weighted by atomic mass is 16.2. The number of hydrogen-bond acceptors (Lipinski definition) is 3. The van der Waals surface area contributed by atoms with E-state index in [1.54, 1.807) is 0 Å². The molecule has 1 unspecified atom stereocenters. The lowest BCUT2D eigenvalue weighted by atomic mass is 10.1. The van der Waals surface area contributed by atoms with Crippen LogP contribution in [0.2, 0.25) is 0 Å². The molecule has 0 bridgehead atoms. The number of anilines is 1. The molecule has 0 spiro atoms. The Morgan fingerprint density at radius 2 is 2.16 bits per heavy atom. The summed E-state index contributed by atoms with van der Waals surface area (Å²) in [6.07, 6.45) is 2.31. The highest BCUT2D eigenvalue weighted by molar-refractivity contribution is 5.92. The molecule has 1 aromatic rings. The highest BCUT2D eigenvalue weighted by Gasteiger charge is 2.30. The van der Waals surface area contributed by atoms with Crippen molar-refractivity contribution in [1.29, 1.82) is 0 Å². The predicted molar refractivity (Wildman–Crippen MR) is 71.7 cm³/mol. The van der Waals surface area contributed by atoms with Gasteiger partial charge in [-0.2, -0.15) is 0 Å². The number of benzene rings is 1. The van der Waals surface area contributed by atoms with E-state index >= 15 is 0 Å². The lowest BCUT2D eigenvalue weighted by molar-refractivity contribution is -0.130. The third-order valence-electron chi connectivity index (χ3n) is 3.69. The minimum Gasteiger partial charge on any atom is -0.373 e. The molecule has 19 heavy (non-hydrogen) atoms. The summed E-state index contributed by atoms with van der Waals surface area (Å²) in [4.78, 5) is 23.8. The third-order valence-corrected chi connectivity index (χ3v) is 3.69. The average Bonchev–Trinajstić information content (AvgIpc) is 2.85. The Morgan fingerprint density at radius 3 is 2.95 bits per heavy atom. The Morgan fingerprint density at radius 1 is 1.32 bits per heavy atom. The fourth-order valence-corrected chi connectivity index (χ4v) is 2.64. The number of rotatable bonds is 2. The van der Waals surface area contributed by atoms with Crippen molar-refractivity contribution < 1.29 is 9.59 Å². The predicted octanol–water partition coefficient (Wildman–Crippen LogP) is 0.418. The molecule has 0 aliphatic carbocycles. The molecule has 5 heteroatoms. The first-order valence-corrected chi connectivity index (χ1v) is 6.66. The van der Waals surface area contributed by atoms with Gasteiger partial charge in [0, 0.05) is 18.7 Å². The molecule has 0 radical (unpaired) electrons. The molecule has 2 heterocycles. The fraction of sp³-hybridized carbons (Fsp3) is 0.429. The zero-order chi connectivity index (χ0) is 13.2. The largest absolute Gasteiger partial charge is 0.373 e. The van der Waals surface area contributed by atoms with Crippen molar-refractivity contribution in [2.45, 2.75) is 31.3 Å². The van der Waals surface area contributed by atoms with E-state index in [1.165, 1.54) is 0 Å². The van der Waals surface area contributed by atoms with Crippen LogP contribution in [0, 0.1) is 0 Å². The van der Waals surface area contributed by atoms with Gasteiger partial charge >= 0.3 is 0 Å². The van der Waals surface area contributed by atoms with Gasteiger partial charge in [0.05, 0.1) is 0 Å². The van der Waals surface area contributed by atoms with E-state index in [0.29, 0.717) is 13.0 Å². The number of carbonyl (C=O) groups excluding carboxylic acids is 2. The minimum atomic E-state index is -0.383. The molecule has 2 aliphatic heterocycles. The molecule has 0 aromatic heterocycles. The Balaban J connectivity index is 1.62. The van der Waals surface area contributed by atoms with Crippen molar-refractivity contribution in [2.75, 3.05) is 11.9 Å². The van der Waals surface area contributed by atoms with E-state index < -0.39 is 0 Å². The van der Waals surface area contributed by atoms with Crippen molar-refractivity contribution >= 4 is 17.5 Å². The van der Waals surface area contributed by atoms with Crippen LogP contribution in [0.3, 0.4) is 0 Å². The number of amides is 2. The smallest absolute Gasteiger partial charge is 0.243 e. The van der Waals surface area contributed by atoms with Gasteiger partial charge in [0.25, 0.3) is 0 Å².